The molecule has 0 aromatic heterocycles. The van der Waals surface area contributed by atoms with Crippen molar-refractivity contribution in [3.05, 3.63) is 69.9 Å². The van der Waals surface area contributed by atoms with Gasteiger partial charge in [-0.2, -0.15) is 0 Å². The van der Waals surface area contributed by atoms with Crippen molar-refractivity contribution in [3.63, 3.8) is 0 Å². The summed E-state index contributed by atoms with van der Waals surface area (Å²) in [5.41, 5.74) is 7.24. The molecule has 3 N–H and O–H groups in total. The minimum atomic E-state index is -0.828. The first-order valence-electron chi connectivity index (χ1n) is 6.01. The van der Waals surface area contributed by atoms with Gasteiger partial charge in [0.1, 0.15) is 5.82 Å². The number of halogens is 3. The summed E-state index contributed by atoms with van der Waals surface area (Å²) in [6, 6.07) is 13.7. The predicted octanol–water partition coefficient (Wildman–Crippen LogP) is 3.61. The third-order valence-electron chi connectivity index (χ3n) is 3.04. The first-order valence-corrected chi connectivity index (χ1v) is 6.80. The Morgan fingerprint density at radius 2 is 1.75 bits per heavy atom. The molecule has 0 radical (unpaired) electrons. The van der Waals surface area contributed by atoms with Crippen molar-refractivity contribution in [1.82, 2.24) is 0 Å². The van der Waals surface area contributed by atoms with E-state index in [1.165, 1.54) is 0 Å². The van der Waals surface area contributed by atoms with Gasteiger partial charge >= 0.3 is 0 Å². The predicted molar refractivity (Wildman–Crippen MR) is 84.4 cm³/mol. The van der Waals surface area contributed by atoms with Gasteiger partial charge in [-0.1, -0.05) is 42.5 Å². The highest BCUT2D eigenvalue weighted by Gasteiger charge is 2.21. The van der Waals surface area contributed by atoms with Crippen LogP contribution in [-0.4, -0.2) is 11.2 Å². The molecule has 0 saturated carbocycles. The maximum absolute atomic E-state index is 13.9. The summed E-state index contributed by atoms with van der Waals surface area (Å²) >= 11 is 3.12. The summed E-state index contributed by atoms with van der Waals surface area (Å²) in [7, 11) is 0. The van der Waals surface area contributed by atoms with Crippen LogP contribution in [0.5, 0.6) is 0 Å². The summed E-state index contributed by atoms with van der Waals surface area (Å²) in [5.74, 6) is -0.415. The van der Waals surface area contributed by atoms with E-state index < -0.39 is 18.0 Å². The molecule has 108 valence electrons. The van der Waals surface area contributed by atoms with E-state index >= 15 is 0 Å². The van der Waals surface area contributed by atoms with E-state index in [4.69, 9.17) is 5.73 Å². The highest BCUT2D eigenvalue weighted by Crippen LogP contribution is 2.25. The molecule has 0 unspecified atom stereocenters. The van der Waals surface area contributed by atoms with Crippen LogP contribution in [0, 0.1) is 5.82 Å². The molecule has 5 heteroatoms. The largest absolute Gasteiger partial charge is 0.391 e. The molecule has 0 spiro atoms. The van der Waals surface area contributed by atoms with Crippen LogP contribution >= 0.6 is 28.3 Å². The molecule has 2 atom stereocenters. The molecule has 0 aliphatic carbocycles. The molecule has 0 aliphatic heterocycles. The first-order chi connectivity index (χ1) is 9.09. The van der Waals surface area contributed by atoms with E-state index in [0.717, 1.165) is 5.56 Å². The average molecular weight is 361 g/mol. The summed E-state index contributed by atoms with van der Waals surface area (Å²) in [6.45, 7) is 0. The van der Waals surface area contributed by atoms with Crippen molar-refractivity contribution in [2.75, 3.05) is 0 Å². The van der Waals surface area contributed by atoms with Gasteiger partial charge in [-0.15, -0.1) is 12.4 Å². The number of hydrogen-bond acceptors (Lipinski definition) is 2. The molecule has 0 bridgehead atoms. The van der Waals surface area contributed by atoms with Gasteiger partial charge in [-0.25, -0.2) is 4.39 Å². The molecule has 0 fully saturated rings. The average Bonchev–Trinajstić information content (AvgIpc) is 2.42. The Bertz CT molecular complexity index is 553. The van der Waals surface area contributed by atoms with Crippen LogP contribution in [0.15, 0.2) is 53.0 Å². The minimum Gasteiger partial charge on any atom is -0.391 e. The molecular weight excluding hydrogens is 345 g/mol. The molecule has 2 aromatic rings. The smallest absolute Gasteiger partial charge is 0.142 e. The second-order valence-electron chi connectivity index (χ2n) is 4.43. The molecule has 20 heavy (non-hydrogen) atoms. The summed E-state index contributed by atoms with van der Waals surface area (Å²) in [5, 5.41) is 10.1. The fraction of sp³-hybridized carbons (Fsp3) is 0.200. The van der Waals surface area contributed by atoms with Crippen LogP contribution in [0.2, 0.25) is 0 Å². The van der Waals surface area contributed by atoms with Crippen molar-refractivity contribution in [1.29, 1.82) is 0 Å². The van der Waals surface area contributed by atoms with E-state index in [-0.39, 0.29) is 12.4 Å². The van der Waals surface area contributed by atoms with Crippen LogP contribution in [0.25, 0.3) is 0 Å². The zero-order chi connectivity index (χ0) is 13.8. The van der Waals surface area contributed by atoms with Gasteiger partial charge in [0.25, 0.3) is 0 Å². The monoisotopic (exact) mass is 359 g/mol. The SMILES string of the molecule is Cl.N[C@@H](c1cccc(Br)c1F)[C@H](O)Cc1ccccc1. The second-order valence-corrected chi connectivity index (χ2v) is 5.28. The first kappa shape index (κ1) is 17.1. The van der Waals surface area contributed by atoms with Crippen LogP contribution in [0.3, 0.4) is 0 Å². The maximum atomic E-state index is 13.9. The Hall–Kier alpha value is -0.940. The quantitative estimate of drug-likeness (QED) is 0.875. The Kier molecular flexibility index (Phi) is 6.62. The topological polar surface area (TPSA) is 46.2 Å². The lowest BCUT2D eigenvalue weighted by molar-refractivity contribution is 0.143. The van der Waals surface area contributed by atoms with Crippen molar-refractivity contribution in [2.24, 2.45) is 5.73 Å². The molecule has 0 aliphatic rings. The van der Waals surface area contributed by atoms with Gasteiger partial charge in [0.2, 0.25) is 0 Å². The summed E-state index contributed by atoms with van der Waals surface area (Å²) < 4.78 is 14.3. The fourth-order valence-corrected chi connectivity index (χ4v) is 2.35. The van der Waals surface area contributed by atoms with Crippen molar-refractivity contribution in [2.45, 2.75) is 18.6 Å². The van der Waals surface area contributed by atoms with Crippen molar-refractivity contribution >= 4 is 28.3 Å². The second kappa shape index (κ2) is 7.74. The third kappa shape index (κ3) is 4.03. The van der Waals surface area contributed by atoms with Crippen LogP contribution < -0.4 is 5.73 Å². The standard InChI is InChI=1S/C15H15BrFNO.ClH/c16-12-8-4-7-11(14(12)17)15(18)13(19)9-10-5-2-1-3-6-10;/h1-8,13,15,19H,9,18H2;1H/t13-,15+;/m1./s1. The lowest BCUT2D eigenvalue weighted by atomic mass is 9.96. The number of aliphatic hydroxyl groups excluding tert-OH is 1. The lowest BCUT2D eigenvalue weighted by Gasteiger charge is -2.20. The summed E-state index contributed by atoms with van der Waals surface area (Å²) in [6.07, 6.45) is -0.431. The molecule has 0 amide bonds. The summed E-state index contributed by atoms with van der Waals surface area (Å²) in [4.78, 5) is 0. The van der Waals surface area contributed by atoms with Gasteiger partial charge in [-0.05, 0) is 27.6 Å². The van der Waals surface area contributed by atoms with E-state index in [2.05, 4.69) is 15.9 Å². The zero-order valence-electron chi connectivity index (χ0n) is 10.7. The van der Waals surface area contributed by atoms with E-state index in [1.54, 1.807) is 18.2 Å². The highest BCUT2D eigenvalue weighted by molar-refractivity contribution is 9.10. The normalized spacial score (nSPS) is 13.4. The van der Waals surface area contributed by atoms with Crippen LogP contribution in [0.1, 0.15) is 17.2 Å². The zero-order valence-corrected chi connectivity index (χ0v) is 13.1. The van der Waals surface area contributed by atoms with Crippen molar-refractivity contribution < 1.29 is 9.50 Å². The lowest BCUT2D eigenvalue weighted by Crippen LogP contribution is -2.29. The van der Waals surface area contributed by atoms with Gasteiger partial charge in [0, 0.05) is 12.0 Å². The van der Waals surface area contributed by atoms with E-state index in [0.29, 0.717) is 16.5 Å². The van der Waals surface area contributed by atoms with E-state index in [1.807, 2.05) is 30.3 Å². The van der Waals surface area contributed by atoms with Gasteiger partial charge in [-0.3, -0.25) is 0 Å². The number of hydrogen-bond donors (Lipinski definition) is 2. The Morgan fingerprint density at radius 3 is 2.40 bits per heavy atom. The number of aliphatic hydroxyl groups is 1. The van der Waals surface area contributed by atoms with Crippen LogP contribution in [0.4, 0.5) is 4.39 Å². The molecule has 2 nitrogen and oxygen atoms in total. The Labute approximate surface area is 132 Å². The van der Waals surface area contributed by atoms with Crippen molar-refractivity contribution in [3.8, 4) is 0 Å². The Morgan fingerprint density at radius 1 is 1.10 bits per heavy atom. The fourth-order valence-electron chi connectivity index (χ4n) is 1.97. The number of benzene rings is 2. The molecule has 0 saturated heterocycles. The number of rotatable bonds is 4. The molecule has 2 rings (SSSR count). The van der Waals surface area contributed by atoms with Gasteiger partial charge in [0.15, 0.2) is 0 Å². The molecule has 0 heterocycles. The van der Waals surface area contributed by atoms with Crippen LogP contribution in [-0.2, 0) is 6.42 Å². The van der Waals surface area contributed by atoms with Gasteiger partial charge in [0.05, 0.1) is 16.6 Å². The van der Waals surface area contributed by atoms with E-state index in [9.17, 15) is 9.50 Å². The van der Waals surface area contributed by atoms with Gasteiger partial charge < -0.3 is 10.8 Å². The Balaban J connectivity index is 0.00000200. The minimum absolute atomic E-state index is 0. The molecular formula is C15H16BrClFNO. The highest BCUT2D eigenvalue weighted by atomic mass is 79.9. The number of nitrogens with two attached hydrogens (primary N) is 1. The maximum Gasteiger partial charge on any atom is 0.142 e. The third-order valence-corrected chi connectivity index (χ3v) is 3.66. The molecule has 2 aromatic carbocycles.